The van der Waals surface area contributed by atoms with Gasteiger partial charge >= 0.3 is 0 Å². The highest BCUT2D eigenvalue weighted by Crippen LogP contribution is 2.41. The van der Waals surface area contributed by atoms with Gasteiger partial charge in [-0.15, -0.1) is 11.6 Å². The molecule has 0 aliphatic heterocycles. The van der Waals surface area contributed by atoms with Crippen molar-refractivity contribution in [1.29, 1.82) is 5.26 Å². The van der Waals surface area contributed by atoms with Crippen molar-refractivity contribution < 1.29 is 17.9 Å². The molecule has 2 aromatic carbocycles. The van der Waals surface area contributed by atoms with Gasteiger partial charge in [0.15, 0.2) is 5.75 Å². The Kier molecular flexibility index (Phi) is 7.80. The fourth-order valence-corrected chi connectivity index (χ4v) is 5.10. The fraction of sp³-hybridized carbons (Fsp3) is 0.320. The Labute approximate surface area is 214 Å². The lowest BCUT2D eigenvalue weighted by molar-refractivity contribution is 0.299. The minimum Gasteiger partial charge on any atom is -0.489 e. The lowest BCUT2D eigenvalue weighted by Gasteiger charge is -2.27. The van der Waals surface area contributed by atoms with Gasteiger partial charge in [-0.25, -0.2) is 18.4 Å². The number of ether oxygens (including phenoxy) is 2. The number of benzene rings is 2. The first-order valence-electron chi connectivity index (χ1n) is 11.0. The van der Waals surface area contributed by atoms with Crippen LogP contribution >= 0.6 is 23.2 Å². The van der Waals surface area contributed by atoms with E-state index >= 15 is 0 Å². The predicted molar refractivity (Wildman–Crippen MR) is 133 cm³/mol. The predicted octanol–water partition coefficient (Wildman–Crippen LogP) is 5.07. The highest BCUT2D eigenvalue weighted by molar-refractivity contribution is 7.90. The summed E-state index contributed by atoms with van der Waals surface area (Å²) in [6, 6.07) is 13.4. The number of nitrogens with zero attached hydrogens (tertiary/aromatic N) is 3. The number of hydrogen-bond acceptors (Lipinski definition) is 7. The molecule has 1 unspecified atom stereocenters. The van der Waals surface area contributed by atoms with Crippen molar-refractivity contribution in [2.75, 3.05) is 18.7 Å². The molecule has 1 atom stereocenters. The minimum atomic E-state index is -3.49. The molecular weight excluding hydrogens is 509 g/mol. The third kappa shape index (κ3) is 5.87. The molecule has 4 rings (SSSR count). The minimum absolute atomic E-state index is 0.0960. The molecule has 0 N–H and O–H groups in total. The molecule has 1 heterocycles. The molecule has 182 valence electrons. The lowest BCUT2D eigenvalue weighted by Crippen LogP contribution is -2.12. The van der Waals surface area contributed by atoms with Gasteiger partial charge < -0.3 is 9.47 Å². The number of aromatic nitrogens is 2. The van der Waals surface area contributed by atoms with Crippen molar-refractivity contribution in [1.82, 2.24) is 9.97 Å². The third-order valence-electron chi connectivity index (χ3n) is 5.75. The van der Waals surface area contributed by atoms with Crippen LogP contribution in [-0.2, 0) is 22.9 Å². The summed E-state index contributed by atoms with van der Waals surface area (Å²) in [5, 5.41) is 9.81. The second-order valence-corrected chi connectivity index (χ2v) is 10.9. The summed E-state index contributed by atoms with van der Waals surface area (Å²) in [5.74, 6) is 1.43. The standard InChI is InChI=1S/C25H23Cl2N3O4S/c1-35(31,32)25-29-9-7-19(30-25)15-34-20-5-6-22-16(12-20)3-2-4-21(22)17-11-18(14-28)24(23(27)13-17)33-10-8-26/h5-7,9,11-13,21H,2-4,8,10,15H2,1H3. The van der Waals surface area contributed by atoms with Crippen molar-refractivity contribution in [3.8, 4) is 17.6 Å². The summed E-state index contributed by atoms with van der Waals surface area (Å²) in [4.78, 5) is 7.87. The van der Waals surface area contributed by atoms with Gasteiger partial charge in [0.1, 0.15) is 25.0 Å². The maximum Gasteiger partial charge on any atom is 0.247 e. The van der Waals surface area contributed by atoms with Crippen molar-refractivity contribution in [2.45, 2.75) is 36.9 Å². The van der Waals surface area contributed by atoms with Crippen LogP contribution < -0.4 is 9.47 Å². The average Bonchev–Trinajstić information content (AvgIpc) is 2.85. The van der Waals surface area contributed by atoms with Gasteiger partial charge in [0.2, 0.25) is 15.0 Å². The number of sulfone groups is 1. The van der Waals surface area contributed by atoms with Gasteiger partial charge in [0.05, 0.1) is 22.2 Å². The van der Waals surface area contributed by atoms with E-state index in [0.29, 0.717) is 33.7 Å². The van der Waals surface area contributed by atoms with Crippen LogP contribution in [0.15, 0.2) is 47.8 Å². The first-order valence-corrected chi connectivity index (χ1v) is 13.8. The molecule has 35 heavy (non-hydrogen) atoms. The zero-order chi connectivity index (χ0) is 25.0. The lowest BCUT2D eigenvalue weighted by atomic mass is 9.78. The second kappa shape index (κ2) is 10.8. The van der Waals surface area contributed by atoms with E-state index in [2.05, 4.69) is 16.0 Å². The molecule has 10 heteroatoms. The van der Waals surface area contributed by atoms with Gasteiger partial charge in [-0.3, -0.25) is 0 Å². The van der Waals surface area contributed by atoms with Crippen LogP contribution in [0.5, 0.6) is 11.5 Å². The number of rotatable bonds is 8. The Hall–Kier alpha value is -2.86. The maximum atomic E-state index is 11.7. The highest BCUT2D eigenvalue weighted by Gasteiger charge is 2.24. The van der Waals surface area contributed by atoms with Crippen LogP contribution in [0, 0.1) is 11.3 Å². The van der Waals surface area contributed by atoms with Crippen LogP contribution in [0.25, 0.3) is 0 Å². The quantitative estimate of drug-likeness (QED) is 0.295. The SMILES string of the molecule is CS(=O)(=O)c1nccc(COc2ccc3c(c2)CCCC3c2cc(Cl)c(OCCCl)c(C#N)c2)n1. The molecular formula is C25H23Cl2N3O4S. The third-order valence-corrected chi connectivity index (χ3v) is 7.05. The van der Waals surface area contributed by atoms with Crippen LogP contribution in [0.2, 0.25) is 5.02 Å². The molecule has 1 aromatic heterocycles. The molecule has 0 saturated carbocycles. The summed E-state index contributed by atoms with van der Waals surface area (Å²) in [6.07, 6.45) is 5.30. The average molecular weight is 532 g/mol. The Balaban J connectivity index is 1.56. The van der Waals surface area contributed by atoms with E-state index in [1.165, 1.54) is 11.8 Å². The molecule has 0 bridgehead atoms. The van der Waals surface area contributed by atoms with Crippen molar-refractivity contribution in [3.05, 3.63) is 75.6 Å². The van der Waals surface area contributed by atoms with Crippen LogP contribution in [0.1, 0.15) is 46.7 Å². The summed E-state index contributed by atoms with van der Waals surface area (Å²) in [6.45, 7) is 0.396. The molecule has 0 spiro atoms. The van der Waals surface area contributed by atoms with E-state index in [4.69, 9.17) is 32.7 Å². The maximum absolute atomic E-state index is 11.7. The summed E-state index contributed by atoms with van der Waals surface area (Å²) >= 11 is 12.2. The zero-order valence-corrected chi connectivity index (χ0v) is 21.3. The normalized spacial score (nSPS) is 15.2. The van der Waals surface area contributed by atoms with Crippen molar-refractivity contribution in [3.63, 3.8) is 0 Å². The van der Waals surface area contributed by atoms with Crippen molar-refractivity contribution in [2.24, 2.45) is 0 Å². The largest absolute Gasteiger partial charge is 0.489 e. The second-order valence-electron chi connectivity index (χ2n) is 8.23. The van der Waals surface area contributed by atoms with Gasteiger partial charge in [0, 0.05) is 18.4 Å². The Morgan fingerprint density at radius 2 is 2.03 bits per heavy atom. The molecule has 1 aliphatic rings. The molecule has 0 fully saturated rings. The number of fused-ring (bicyclic) bond motifs is 1. The highest BCUT2D eigenvalue weighted by atomic mass is 35.5. The van der Waals surface area contributed by atoms with Gasteiger partial charge in [0.25, 0.3) is 0 Å². The van der Waals surface area contributed by atoms with E-state index in [1.54, 1.807) is 6.07 Å². The number of halogens is 2. The van der Waals surface area contributed by atoms with Crippen LogP contribution in [0.3, 0.4) is 0 Å². The van der Waals surface area contributed by atoms with E-state index in [1.807, 2.05) is 30.3 Å². The van der Waals surface area contributed by atoms with Crippen molar-refractivity contribution >= 4 is 33.0 Å². The number of alkyl halides is 1. The molecule has 0 saturated heterocycles. The topological polar surface area (TPSA) is 102 Å². The van der Waals surface area contributed by atoms with E-state index in [9.17, 15) is 13.7 Å². The van der Waals surface area contributed by atoms with E-state index in [-0.39, 0.29) is 24.3 Å². The summed E-state index contributed by atoms with van der Waals surface area (Å²) < 4.78 is 34.9. The van der Waals surface area contributed by atoms with Crippen LogP contribution in [0.4, 0.5) is 0 Å². The first kappa shape index (κ1) is 25.2. The summed E-state index contributed by atoms with van der Waals surface area (Å²) in [7, 11) is -3.49. The molecule has 7 nitrogen and oxygen atoms in total. The Morgan fingerprint density at radius 3 is 2.77 bits per heavy atom. The van der Waals surface area contributed by atoms with Gasteiger partial charge in [-0.2, -0.15) is 5.26 Å². The van der Waals surface area contributed by atoms with Crippen LogP contribution in [-0.4, -0.2) is 37.1 Å². The van der Waals surface area contributed by atoms with Gasteiger partial charge in [-0.1, -0.05) is 17.7 Å². The first-order chi connectivity index (χ1) is 16.8. The molecule has 3 aromatic rings. The number of aryl methyl sites for hydroxylation is 1. The Morgan fingerprint density at radius 1 is 1.20 bits per heavy atom. The summed E-state index contributed by atoms with van der Waals surface area (Å²) in [5.41, 5.74) is 4.16. The zero-order valence-electron chi connectivity index (χ0n) is 19.0. The monoisotopic (exact) mass is 531 g/mol. The fourth-order valence-electron chi connectivity index (χ4n) is 4.21. The van der Waals surface area contributed by atoms with E-state index < -0.39 is 9.84 Å². The molecule has 0 amide bonds. The van der Waals surface area contributed by atoms with Gasteiger partial charge in [-0.05, 0) is 66.3 Å². The molecule has 1 aliphatic carbocycles. The smallest absolute Gasteiger partial charge is 0.247 e. The number of hydrogen-bond donors (Lipinski definition) is 0. The Bertz CT molecular complexity index is 1390. The molecule has 0 radical (unpaired) electrons. The van der Waals surface area contributed by atoms with E-state index in [0.717, 1.165) is 36.6 Å². The number of nitriles is 1.